The number of hydrogen-bond donors (Lipinski definition) is 1. The van der Waals surface area contributed by atoms with E-state index in [1.807, 2.05) is 0 Å². The fourth-order valence-corrected chi connectivity index (χ4v) is 6.63. The number of hydrogen-bond acceptors (Lipinski definition) is 3. The van der Waals surface area contributed by atoms with Crippen LogP contribution in [-0.2, 0) is 15.2 Å². The van der Waals surface area contributed by atoms with E-state index in [0.29, 0.717) is 25.9 Å². The number of aliphatic hydroxyl groups is 1. The summed E-state index contributed by atoms with van der Waals surface area (Å²) in [6, 6.07) is 0. The molecule has 124 valence electrons. The zero-order valence-corrected chi connectivity index (χ0v) is 16.1. The van der Waals surface area contributed by atoms with E-state index in [9.17, 15) is 9.32 Å². The van der Waals surface area contributed by atoms with Gasteiger partial charge in [0.25, 0.3) is 0 Å². The fourth-order valence-electron chi connectivity index (χ4n) is 3.29. The molecule has 2 atom stereocenters. The quantitative estimate of drug-likeness (QED) is 0.800. The van der Waals surface area contributed by atoms with Gasteiger partial charge in [0.05, 0.1) is 5.60 Å². The van der Waals surface area contributed by atoms with Gasteiger partial charge < -0.3 is 9.53 Å². The summed E-state index contributed by atoms with van der Waals surface area (Å²) in [5.41, 5.74) is -0.647. The standard InChI is InChI=1S/C16H32O3SSi/c1-15(2,3)21(4,5)19-10-9-16(17)11-13-7-6-8-14(12-16)20(13)18/h13-14,17H,6-12H2,1-5H3. The Hall–Kier alpha value is 0.287. The first-order chi connectivity index (χ1) is 9.54. The average Bonchev–Trinajstić information content (AvgIpc) is 2.30. The monoisotopic (exact) mass is 332 g/mol. The predicted octanol–water partition coefficient (Wildman–Crippen LogP) is 3.59. The van der Waals surface area contributed by atoms with Crippen LogP contribution in [0.4, 0.5) is 0 Å². The molecule has 2 heterocycles. The van der Waals surface area contributed by atoms with Gasteiger partial charge in [0, 0.05) is 27.9 Å². The van der Waals surface area contributed by atoms with Crippen LogP contribution in [0.3, 0.4) is 0 Å². The van der Waals surface area contributed by atoms with E-state index < -0.39 is 24.7 Å². The van der Waals surface area contributed by atoms with Crippen LogP contribution in [-0.4, -0.2) is 40.3 Å². The Kier molecular flexibility index (Phi) is 5.09. The van der Waals surface area contributed by atoms with Gasteiger partial charge in [-0.25, -0.2) is 0 Å². The minimum atomic E-state index is -1.74. The molecule has 3 nitrogen and oxygen atoms in total. The van der Waals surface area contributed by atoms with E-state index in [4.69, 9.17) is 4.43 Å². The number of rotatable bonds is 4. The molecule has 2 rings (SSSR count). The Morgan fingerprint density at radius 1 is 1.24 bits per heavy atom. The van der Waals surface area contributed by atoms with Crippen molar-refractivity contribution in [2.24, 2.45) is 0 Å². The van der Waals surface area contributed by atoms with Gasteiger partial charge in [-0.1, -0.05) is 27.2 Å². The van der Waals surface area contributed by atoms with Crippen molar-refractivity contribution in [2.75, 3.05) is 6.61 Å². The van der Waals surface area contributed by atoms with Crippen molar-refractivity contribution in [1.29, 1.82) is 0 Å². The summed E-state index contributed by atoms with van der Waals surface area (Å²) in [7, 11) is -2.45. The lowest BCUT2D eigenvalue weighted by molar-refractivity contribution is -0.00838. The molecule has 0 radical (unpaired) electrons. The van der Waals surface area contributed by atoms with Gasteiger partial charge in [-0.05, 0) is 50.2 Å². The lowest BCUT2D eigenvalue weighted by atomic mass is 9.83. The first-order valence-corrected chi connectivity index (χ1v) is 12.5. The first-order valence-electron chi connectivity index (χ1n) is 8.30. The Labute approximate surface area is 133 Å². The molecule has 5 heteroatoms. The van der Waals surface area contributed by atoms with Crippen LogP contribution in [0.1, 0.15) is 59.3 Å². The van der Waals surface area contributed by atoms with Crippen molar-refractivity contribution >= 4 is 19.1 Å². The van der Waals surface area contributed by atoms with Gasteiger partial charge in [0.2, 0.25) is 0 Å². The molecule has 0 spiro atoms. The number of fused-ring (bicyclic) bond motifs is 2. The van der Waals surface area contributed by atoms with Gasteiger partial charge >= 0.3 is 0 Å². The van der Waals surface area contributed by atoms with Crippen LogP contribution in [0.25, 0.3) is 0 Å². The summed E-state index contributed by atoms with van der Waals surface area (Å²) in [6.45, 7) is 11.9. The van der Waals surface area contributed by atoms with Crippen LogP contribution in [0.2, 0.25) is 18.1 Å². The third-order valence-corrected chi connectivity index (χ3v) is 12.4. The molecule has 1 N–H and O–H groups in total. The molecular weight excluding hydrogens is 300 g/mol. The van der Waals surface area contributed by atoms with Gasteiger partial charge in [-0.15, -0.1) is 0 Å². The second-order valence-electron chi connectivity index (χ2n) is 8.49. The summed E-state index contributed by atoms with van der Waals surface area (Å²) in [5, 5.41) is 11.5. The van der Waals surface area contributed by atoms with E-state index in [-0.39, 0.29) is 15.5 Å². The smallest absolute Gasteiger partial charge is 0.191 e. The second-order valence-corrected chi connectivity index (χ2v) is 15.3. The summed E-state index contributed by atoms with van der Waals surface area (Å²) in [6.07, 6.45) is 5.33. The van der Waals surface area contributed by atoms with Crippen LogP contribution in [0.5, 0.6) is 0 Å². The molecule has 0 aliphatic carbocycles. The van der Waals surface area contributed by atoms with Gasteiger partial charge in [-0.3, -0.25) is 4.21 Å². The van der Waals surface area contributed by atoms with Crippen molar-refractivity contribution in [1.82, 2.24) is 0 Å². The first kappa shape index (κ1) is 17.6. The SMILES string of the molecule is CC(C)(C)[Si](C)(C)OCCC1(O)CC2CCCC(C1)S2=O. The summed E-state index contributed by atoms with van der Waals surface area (Å²) >= 11 is 0. The molecule has 0 aromatic carbocycles. The molecule has 0 amide bonds. The Morgan fingerprint density at radius 3 is 2.24 bits per heavy atom. The maximum atomic E-state index is 12.2. The normalized spacial score (nSPS) is 37.5. The van der Waals surface area contributed by atoms with Gasteiger partial charge in [0.1, 0.15) is 0 Å². The third-order valence-electron chi connectivity index (χ3n) is 5.76. The highest BCUT2D eigenvalue weighted by Crippen LogP contribution is 2.41. The topological polar surface area (TPSA) is 46.5 Å². The summed E-state index contributed by atoms with van der Waals surface area (Å²) < 4.78 is 18.4. The maximum absolute atomic E-state index is 12.2. The van der Waals surface area contributed by atoms with Gasteiger partial charge in [0.15, 0.2) is 8.32 Å². The van der Waals surface area contributed by atoms with E-state index in [2.05, 4.69) is 33.9 Å². The molecule has 2 fully saturated rings. The highest BCUT2D eigenvalue weighted by Gasteiger charge is 2.45. The highest BCUT2D eigenvalue weighted by atomic mass is 32.2. The zero-order valence-electron chi connectivity index (χ0n) is 14.3. The van der Waals surface area contributed by atoms with Crippen molar-refractivity contribution in [3.8, 4) is 0 Å². The third kappa shape index (κ3) is 3.98. The van der Waals surface area contributed by atoms with Crippen LogP contribution in [0, 0.1) is 0 Å². The Balaban J connectivity index is 1.90. The summed E-state index contributed by atoms with van der Waals surface area (Å²) in [4.78, 5) is 0. The van der Waals surface area contributed by atoms with Crippen molar-refractivity contribution in [2.45, 2.75) is 93.5 Å². The molecular formula is C16H32O3SSi. The molecule has 2 unspecified atom stereocenters. The van der Waals surface area contributed by atoms with Crippen molar-refractivity contribution < 1.29 is 13.7 Å². The van der Waals surface area contributed by atoms with Crippen molar-refractivity contribution in [3.05, 3.63) is 0 Å². The zero-order chi connectivity index (χ0) is 15.9. The molecule has 0 aromatic rings. The lowest BCUT2D eigenvalue weighted by Crippen LogP contribution is -2.50. The molecule has 21 heavy (non-hydrogen) atoms. The fraction of sp³-hybridized carbons (Fsp3) is 1.00. The summed E-state index contributed by atoms with van der Waals surface area (Å²) in [5.74, 6) is 0. The highest BCUT2D eigenvalue weighted by molar-refractivity contribution is 7.86. The molecule has 2 saturated heterocycles. The molecule has 0 aromatic heterocycles. The molecule has 2 bridgehead atoms. The van der Waals surface area contributed by atoms with E-state index in [1.165, 1.54) is 6.42 Å². The Morgan fingerprint density at radius 2 is 1.76 bits per heavy atom. The van der Waals surface area contributed by atoms with Crippen LogP contribution in [0.15, 0.2) is 0 Å². The molecule has 2 aliphatic rings. The van der Waals surface area contributed by atoms with Crippen LogP contribution >= 0.6 is 0 Å². The average molecular weight is 333 g/mol. The molecule has 0 saturated carbocycles. The van der Waals surface area contributed by atoms with Crippen LogP contribution < -0.4 is 0 Å². The van der Waals surface area contributed by atoms with Gasteiger partial charge in [-0.2, -0.15) is 0 Å². The maximum Gasteiger partial charge on any atom is 0.191 e. The second kappa shape index (κ2) is 6.06. The molecule has 2 aliphatic heterocycles. The van der Waals surface area contributed by atoms with E-state index in [1.54, 1.807) is 0 Å². The largest absolute Gasteiger partial charge is 0.417 e. The lowest BCUT2D eigenvalue weighted by Gasteiger charge is -2.44. The Bertz CT molecular complexity index is 387. The van der Waals surface area contributed by atoms with Crippen molar-refractivity contribution in [3.63, 3.8) is 0 Å². The predicted molar refractivity (Wildman–Crippen MR) is 91.5 cm³/mol. The minimum Gasteiger partial charge on any atom is -0.417 e. The minimum absolute atomic E-state index is 0.209. The van der Waals surface area contributed by atoms with E-state index in [0.717, 1.165) is 12.8 Å². The van der Waals surface area contributed by atoms with E-state index >= 15 is 0 Å².